The van der Waals surface area contributed by atoms with Crippen molar-refractivity contribution in [3.8, 4) is 11.3 Å². The van der Waals surface area contributed by atoms with Crippen molar-refractivity contribution >= 4 is 45.2 Å². The van der Waals surface area contributed by atoms with Crippen molar-refractivity contribution in [3.05, 3.63) is 23.5 Å². The van der Waals surface area contributed by atoms with E-state index in [2.05, 4.69) is 15.2 Å². The second kappa shape index (κ2) is 8.30. The maximum Gasteiger partial charge on any atom is 0.407 e. The van der Waals surface area contributed by atoms with Crippen LogP contribution in [0.4, 0.5) is 16.4 Å². The number of fused-ring (bicyclic) bond motifs is 1. The summed E-state index contributed by atoms with van der Waals surface area (Å²) in [7, 11) is 0. The Morgan fingerprint density at radius 1 is 1.28 bits per heavy atom. The van der Waals surface area contributed by atoms with Gasteiger partial charge in [0.1, 0.15) is 15.3 Å². The molecular weight excluding hydrogens is 432 g/mol. The Morgan fingerprint density at radius 3 is 2.59 bits per heavy atom. The van der Waals surface area contributed by atoms with Crippen LogP contribution < -0.4 is 21.7 Å². The van der Waals surface area contributed by atoms with Crippen molar-refractivity contribution in [2.75, 3.05) is 23.7 Å². The van der Waals surface area contributed by atoms with Gasteiger partial charge in [0.05, 0.1) is 29.3 Å². The molecule has 0 aliphatic carbocycles. The molecule has 0 radical (unpaired) electrons. The number of rotatable bonds is 4. The minimum atomic E-state index is -0.598. The zero-order valence-corrected chi connectivity index (χ0v) is 19.0. The van der Waals surface area contributed by atoms with Gasteiger partial charge in [0, 0.05) is 24.7 Å². The number of aromatic nitrogens is 2. The van der Waals surface area contributed by atoms with E-state index in [0.717, 1.165) is 29.7 Å². The van der Waals surface area contributed by atoms with Gasteiger partial charge in [-0.15, -0.1) is 11.3 Å². The van der Waals surface area contributed by atoms with Gasteiger partial charge in [0.15, 0.2) is 0 Å². The summed E-state index contributed by atoms with van der Waals surface area (Å²) in [6.07, 6.45) is 4.16. The van der Waals surface area contributed by atoms with E-state index in [0.29, 0.717) is 34.9 Å². The zero-order chi connectivity index (χ0) is 23.0. The molecule has 10 nitrogen and oxygen atoms in total. The largest absolute Gasteiger partial charge is 0.472 e. The van der Waals surface area contributed by atoms with E-state index < -0.39 is 17.6 Å². The van der Waals surface area contributed by atoms with E-state index in [4.69, 9.17) is 25.6 Å². The SMILES string of the molecule is CC(C)(C)OC(=O)NC1CCN(c2nc(-c3ccoc3)c3c(N)c(C(N)=O)sc3n2)CC1. The highest BCUT2D eigenvalue weighted by atomic mass is 32.1. The van der Waals surface area contributed by atoms with E-state index in [-0.39, 0.29) is 16.6 Å². The minimum Gasteiger partial charge on any atom is -0.472 e. The number of hydrogen-bond acceptors (Lipinski definition) is 9. The summed E-state index contributed by atoms with van der Waals surface area (Å²) in [5.74, 6) is -0.0686. The number of hydrogen-bond donors (Lipinski definition) is 3. The van der Waals surface area contributed by atoms with Crippen LogP contribution >= 0.6 is 11.3 Å². The maximum atomic E-state index is 12.1. The van der Waals surface area contributed by atoms with E-state index >= 15 is 0 Å². The highest BCUT2D eigenvalue weighted by molar-refractivity contribution is 7.21. The zero-order valence-electron chi connectivity index (χ0n) is 18.2. The molecule has 3 aromatic rings. The Morgan fingerprint density at radius 2 is 2.00 bits per heavy atom. The number of thiophene rings is 1. The van der Waals surface area contributed by atoms with Crippen LogP contribution in [0.5, 0.6) is 0 Å². The van der Waals surface area contributed by atoms with Crippen LogP contribution in [0.15, 0.2) is 23.0 Å². The lowest BCUT2D eigenvalue weighted by atomic mass is 10.1. The molecule has 2 amide bonds. The van der Waals surface area contributed by atoms with Gasteiger partial charge in [-0.05, 0) is 39.7 Å². The minimum absolute atomic E-state index is 0.0111. The molecule has 0 aromatic carbocycles. The summed E-state index contributed by atoms with van der Waals surface area (Å²) in [5.41, 5.74) is 12.8. The number of anilines is 2. The summed E-state index contributed by atoms with van der Waals surface area (Å²) in [5, 5.41) is 3.52. The fourth-order valence-electron chi connectivity index (χ4n) is 3.64. The number of alkyl carbamates (subject to hydrolysis) is 1. The van der Waals surface area contributed by atoms with Crippen molar-refractivity contribution in [3.63, 3.8) is 0 Å². The Hall–Kier alpha value is -3.34. The number of nitrogens with two attached hydrogens (primary N) is 2. The smallest absolute Gasteiger partial charge is 0.407 e. The Bertz CT molecular complexity index is 1140. The molecule has 0 saturated carbocycles. The molecule has 32 heavy (non-hydrogen) atoms. The number of nitrogen functional groups attached to an aromatic ring is 1. The van der Waals surface area contributed by atoms with Crippen molar-refractivity contribution in [2.24, 2.45) is 5.73 Å². The average molecular weight is 459 g/mol. The summed E-state index contributed by atoms with van der Waals surface area (Å²) in [6, 6.07) is 1.79. The van der Waals surface area contributed by atoms with Gasteiger partial charge in [0.2, 0.25) is 5.95 Å². The molecule has 170 valence electrons. The van der Waals surface area contributed by atoms with E-state index in [1.807, 2.05) is 20.8 Å². The van der Waals surface area contributed by atoms with Crippen molar-refractivity contribution in [1.29, 1.82) is 0 Å². The predicted molar refractivity (Wildman–Crippen MR) is 123 cm³/mol. The number of carbonyl (C=O) groups is 2. The molecule has 0 unspecified atom stereocenters. The Labute approximate surface area is 188 Å². The first-order chi connectivity index (χ1) is 15.1. The van der Waals surface area contributed by atoms with Crippen LogP contribution in [0.25, 0.3) is 21.5 Å². The first kappa shape index (κ1) is 21.9. The van der Waals surface area contributed by atoms with Gasteiger partial charge < -0.3 is 30.8 Å². The quantitative estimate of drug-likeness (QED) is 0.540. The van der Waals surface area contributed by atoms with Crippen LogP contribution in [0.2, 0.25) is 0 Å². The maximum absolute atomic E-state index is 12.1. The van der Waals surface area contributed by atoms with Crippen LogP contribution in [0, 0.1) is 0 Å². The number of piperidine rings is 1. The highest BCUT2D eigenvalue weighted by Crippen LogP contribution is 2.39. The lowest BCUT2D eigenvalue weighted by Crippen LogP contribution is -2.46. The second-order valence-corrected chi connectivity index (χ2v) is 9.68. The third-order valence-corrected chi connectivity index (χ3v) is 6.21. The molecule has 1 aliphatic heterocycles. The topological polar surface area (TPSA) is 150 Å². The van der Waals surface area contributed by atoms with Crippen LogP contribution in [-0.2, 0) is 4.74 Å². The molecular formula is C21H26N6O4S. The van der Waals surface area contributed by atoms with Gasteiger partial charge in [-0.2, -0.15) is 0 Å². The lowest BCUT2D eigenvalue weighted by Gasteiger charge is -2.33. The normalized spacial score (nSPS) is 15.2. The molecule has 4 heterocycles. The predicted octanol–water partition coefficient (Wildman–Crippen LogP) is 3.13. The Kier molecular flexibility index (Phi) is 5.68. The van der Waals surface area contributed by atoms with E-state index in [9.17, 15) is 9.59 Å². The van der Waals surface area contributed by atoms with Gasteiger partial charge >= 0.3 is 6.09 Å². The number of primary amides is 1. The van der Waals surface area contributed by atoms with Gasteiger partial charge in [-0.25, -0.2) is 14.8 Å². The van der Waals surface area contributed by atoms with E-state index in [1.54, 1.807) is 18.6 Å². The molecule has 1 saturated heterocycles. The monoisotopic (exact) mass is 458 g/mol. The van der Waals surface area contributed by atoms with Crippen LogP contribution in [-0.4, -0.2) is 46.7 Å². The van der Waals surface area contributed by atoms with Gasteiger partial charge in [-0.3, -0.25) is 4.79 Å². The number of amides is 2. The molecule has 3 aromatic heterocycles. The molecule has 5 N–H and O–H groups in total. The Balaban J connectivity index is 1.58. The molecule has 1 fully saturated rings. The standard InChI is InChI=1S/C21H26N6O4S/c1-21(2,3)31-20(29)24-12-4-7-27(8-5-12)19-25-15(11-6-9-30-10-11)13-14(22)16(17(23)28)32-18(13)26-19/h6,9-10,12H,4-5,7-8,22H2,1-3H3,(H2,23,28)(H,24,29). The lowest BCUT2D eigenvalue weighted by molar-refractivity contribution is 0.0497. The molecule has 0 spiro atoms. The number of carbonyl (C=O) groups excluding carboxylic acids is 2. The fourth-order valence-corrected chi connectivity index (χ4v) is 4.58. The summed E-state index contributed by atoms with van der Waals surface area (Å²) >= 11 is 1.15. The molecule has 0 atom stereocenters. The van der Waals surface area contributed by atoms with Gasteiger partial charge in [0.25, 0.3) is 5.91 Å². The summed E-state index contributed by atoms with van der Waals surface area (Å²) in [4.78, 5) is 36.2. The number of nitrogens with zero attached hydrogens (tertiary/aromatic N) is 3. The molecule has 4 rings (SSSR count). The highest BCUT2D eigenvalue weighted by Gasteiger charge is 2.27. The third-order valence-electron chi connectivity index (χ3n) is 5.09. The third kappa shape index (κ3) is 4.47. The van der Waals surface area contributed by atoms with Gasteiger partial charge in [-0.1, -0.05) is 0 Å². The molecule has 0 bridgehead atoms. The van der Waals surface area contributed by atoms with Crippen molar-refractivity contribution in [1.82, 2.24) is 15.3 Å². The number of nitrogens with one attached hydrogen (secondary N) is 1. The first-order valence-electron chi connectivity index (χ1n) is 10.3. The molecule has 1 aliphatic rings. The van der Waals surface area contributed by atoms with Crippen LogP contribution in [0.1, 0.15) is 43.3 Å². The van der Waals surface area contributed by atoms with Crippen molar-refractivity contribution < 1.29 is 18.7 Å². The second-order valence-electron chi connectivity index (χ2n) is 8.68. The van der Waals surface area contributed by atoms with Crippen LogP contribution in [0.3, 0.4) is 0 Å². The fraction of sp³-hybridized carbons (Fsp3) is 0.429. The van der Waals surface area contributed by atoms with E-state index in [1.165, 1.54) is 0 Å². The first-order valence-corrected chi connectivity index (χ1v) is 11.1. The average Bonchev–Trinajstić information content (AvgIpc) is 3.35. The number of furan rings is 1. The summed E-state index contributed by atoms with van der Waals surface area (Å²) < 4.78 is 10.6. The number of ether oxygens (including phenoxy) is 1. The van der Waals surface area contributed by atoms with Crippen molar-refractivity contribution in [2.45, 2.75) is 45.3 Å². The molecule has 11 heteroatoms. The summed E-state index contributed by atoms with van der Waals surface area (Å²) in [6.45, 7) is 6.81.